The van der Waals surface area contributed by atoms with Gasteiger partial charge in [-0.05, 0) is 33.8 Å². The molecule has 4 heteroatoms. The Morgan fingerprint density at radius 1 is 1.20 bits per heavy atom. The molecule has 114 valence electrons. The van der Waals surface area contributed by atoms with Crippen LogP contribution in [0.25, 0.3) is 0 Å². The fourth-order valence-corrected chi connectivity index (χ4v) is 3.26. The normalized spacial score (nSPS) is 21.6. The monoisotopic (exact) mass is 281 g/mol. The van der Waals surface area contributed by atoms with Crippen LogP contribution < -0.4 is 0 Å². The fraction of sp³-hybridized carbons (Fsp3) is 0.750. The molecule has 1 heterocycles. The van der Waals surface area contributed by atoms with Crippen LogP contribution in [0.4, 0.5) is 0 Å². The summed E-state index contributed by atoms with van der Waals surface area (Å²) in [6.07, 6.45) is 2.50. The Bertz CT molecular complexity index is 392. The van der Waals surface area contributed by atoms with Gasteiger partial charge in [0.25, 0.3) is 0 Å². The number of hydrogen-bond donors (Lipinski definition) is 0. The van der Waals surface area contributed by atoms with E-state index in [1.807, 2.05) is 46.4 Å². The van der Waals surface area contributed by atoms with Crippen LogP contribution in [0.2, 0.25) is 0 Å². The molecule has 0 saturated carbocycles. The molecule has 4 nitrogen and oxygen atoms in total. The molecule has 0 bridgehead atoms. The van der Waals surface area contributed by atoms with Crippen molar-refractivity contribution in [1.29, 1.82) is 0 Å². The Labute approximate surface area is 122 Å². The summed E-state index contributed by atoms with van der Waals surface area (Å²) in [7, 11) is 0. The summed E-state index contributed by atoms with van der Waals surface area (Å²) >= 11 is 0. The van der Waals surface area contributed by atoms with Crippen LogP contribution in [-0.2, 0) is 14.3 Å². The van der Waals surface area contributed by atoms with E-state index in [0.29, 0.717) is 12.8 Å². The van der Waals surface area contributed by atoms with Gasteiger partial charge in [0.1, 0.15) is 6.10 Å². The predicted octanol–water partition coefficient (Wildman–Crippen LogP) is 2.92. The van der Waals surface area contributed by atoms with E-state index in [2.05, 4.69) is 6.58 Å². The molecule has 1 saturated heterocycles. The van der Waals surface area contributed by atoms with E-state index in [1.165, 1.54) is 6.08 Å². The van der Waals surface area contributed by atoms with E-state index in [9.17, 15) is 9.59 Å². The Morgan fingerprint density at radius 3 is 2.00 bits per heavy atom. The third-order valence-corrected chi connectivity index (χ3v) is 3.81. The lowest BCUT2D eigenvalue weighted by Crippen LogP contribution is -2.64. The van der Waals surface area contributed by atoms with Gasteiger partial charge in [0.2, 0.25) is 5.91 Å². The summed E-state index contributed by atoms with van der Waals surface area (Å²) in [5, 5.41) is 0. The lowest BCUT2D eigenvalue weighted by molar-refractivity contribution is -0.167. The molecule has 0 aromatic carbocycles. The molecule has 1 aliphatic heterocycles. The van der Waals surface area contributed by atoms with Crippen LogP contribution in [0.15, 0.2) is 12.7 Å². The van der Waals surface area contributed by atoms with Gasteiger partial charge < -0.3 is 9.64 Å². The molecule has 1 rings (SSSR count). The van der Waals surface area contributed by atoms with E-state index in [-0.39, 0.29) is 35.0 Å². The molecule has 0 aliphatic carbocycles. The van der Waals surface area contributed by atoms with Crippen molar-refractivity contribution < 1.29 is 14.3 Å². The third-order valence-electron chi connectivity index (χ3n) is 3.81. The van der Waals surface area contributed by atoms with Gasteiger partial charge in [-0.2, -0.15) is 0 Å². The number of hydrogen-bond acceptors (Lipinski definition) is 3. The minimum Gasteiger partial charge on any atom is -0.462 e. The van der Waals surface area contributed by atoms with Gasteiger partial charge in [0.05, 0.1) is 5.92 Å². The number of rotatable bonds is 3. The van der Waals surface area contributed by atoms with Crippen LogP contribution in [-0.4, -0.2) is 34.0 Å². The van der Waals surface area contributed by atoms with Crippen molar-refractivity contribution in [1.82, 2.24) is 4.90 Å². The zero-order valence-corrected chi connectivity index (χ0v) is 13.5. The molecular formula is C16H27NO3. The number of piperidine rings is 1. The maximum atomic E-state index is 12.1. The zero-order chi connectivity index (χ0) is 15.7. The molecule has 0 spiro atoms. The molecule has 0 unspecified atom stereocenters. The quantitative estimate of drug-likeness (QED) is 0.590. The first-order valence-electron chi connectivity index (χ1n) is 7.18. The van der Waals surface area contributed by atoms with Crippen molar-refractivity contribution in [2.24, 2.45) is 5.92 Å². The number of esters is 1. The largest absolute Gasteiger partial charge is 0.462 e. The lowest BCUT2D eigenvalue weighted by atomic mass is 9.78. The minimum atomic E-state index is -0.366. The van der Waals surface area contributed by atoms with Crippen LogP contribution in [0.5, 0.6) is 0 Å². The molecular weight excluding hydrogens is 254 g/mol. The second kappa shape index (κ2) is 5.58. The topological polar surface area (TPSA) is 46.6 Å². The molecule has 0 aromatic heterocycles. The standard InChI is InChI=1S/C16H27NO3/c1-8-13(18)17-15(4,5)9-12(10-16(17,6)7)20-14(19)11(2)3/h8,11-12H,1,9-10H2,2-7H3. The molecule has 0 radical (unpaired) electrons. The summed E-state index contributed by atoms with van der Waals surface area (Å²) < 4.78 is 5.58. The minimum absolute atomic E-state index is 0.0753. The number of likely N-dealkylation sites (tertiary alicyclic amines) is 1. The number of carbonyl (C=O) groups excluding carboxylic acids is 2. The molecule has 1 aliphatic rings. The van der Waals surface area contributed by atoms with Crippen molar-refractivity contribution in [2.45, 2.75) is 71.6 Å². The number of carbonyl (C=O) groups is 2. The van der Waals surface area contributed by atoms with Gasteiger partial charge in [-0.1, -0.05) is 20.4 Å². The third kappa shape index (κ3) is 3.41. The average molecular weight is 281 g/mol. The highest BCUT2D eigenvalue weighted by atomic mass is 16.5. The Balaban J connectivity index is 2.95. The molecule has 0 aromatic rings. The van der Waals surface area contributed by atoms with Crippen LogP contribution >= 0.6 is 0 Å². The zero-order valence-electron chi connectivity index (χ0n) is 13.5. The highest BCUT2D eigenvalue weighted by Gasteiger charge is 2.48. The van der Waals surface area contributed by atoms with Gasteiger partial charge in [-0.3, -0.25) is 9.59 Å². The second-order valence-electron chi connectivity index (χ2n) is 7.12. The number of nitrogens with zero attached hydrogens (tertiary/aromatic N) is 1. The predicted molar refractivity (Wildman–Crippen MR) is 79.2 cm³/mol. The van der Waals surface area contributed by atoms with Crippen molar-refractivity contribution in [2.75, 3.05) is 0 Å². The van der Waals surface area contributed by atoms with E-state index >= 15 is 0 Å². The Morgan fingerprint density at radius 2 is 1.65 bits per heavy atom. The van der Waals surface area contributed by atoms with E-state index in [4.69, 9.17) is 4.74 Å². The van der Waals surface area contributed by atoms with E-state index < -0.39 is 0 Å². The maximum Gasteiger partial charge on any atom is 0.308 e. The first kappa shape index (κ1) is 16.7. The van der Waals surface area contributed by atoms with Gasteiger partial charge >= 0.3 is 5.97 Å². The summed E-state index contributed by atoms with van der Waals surface area (Å²) in [6.45, 7) is 15.3. The number of ether oxygens (including phenoxy) is 1. The number of amides is 1. The molecule has 0 N–H and O–H groups in total. The van der Waals surface area contributed by atoms with Gasteiger partial charge in [0.15, 0.2) is 0 Å². The SMILES string of the molecule is C=CC(=O)N1C(C)(C)CC(OC(=O)C(C)C)CC1(C)C. The van der Waals surface area contributed by atoms with Crippen molar-refractivity contribution in [3.8, 4) is 0 Å². The summed E-state index contributed by atoms with van der Waals surface area (Å²) in [6, 6.07) is 0. The maximum absolute atomic E-state index is 12.1. The van der Waals surface area contributed by atoms with Crippen molar-refractivity contribution >= 4 is 11.9 Å². The Kier molecular flexibility index (Phi) is 4.67. The van der Waals surface area contributed by atoms with Crippen molar-refractivity contribution in [3.05, 3.63) is 12.7 Å². The summed E-state index contributed by atoms with van der Waals surface area (Å²) in [5.41, 5.74) is -0.732. The average Bonchev–Trinajstić information content (AvgIpc) is 2.24. The van der Waals surface area contributed by atoms with Gasteiger partial charge in [-0.15, -0.1) is 0 Å². The molecule has 1 fully saturated rings. The molecule has 20 heavy (non-hydrogen) atoms. The first-order valence-corrected chi connectivity index (χ1v) is 7.18. The van der Waals surface area contributed by atoms with Crippen LogP contribution in [0.1, 0.15) is 54.4 Å². The van der Waals surface area contributed by atoms with Crippen LogP contribution in [0, 0.1) is 5.92 Å². The second-order valence-corrected chi connectivity index (χ2v) is 7.12. The van der Waals surface area contributed by atoms with Gasteiger partial charge in [-0.25, -0.2) is 0 Å². The summed E-state index contributed by atoms with van der Waals surface area (Å²) in [4.78, 5) is 25.8. The molecule has 1 amide bonds. The van der Waals surface area contributed by atoms with Crippen molar-refractivity contribution in [3.63, 3.8) is 0 Å². The van der Waals surface area contributed by atoms with E-state index in [0.717, 1.165) is 0 Å². The fourth-order valence-electron chi connectivity index (χ4n) is 3.26. The first-order chi connectivity index (χ1) is 9.01. The smallest absolute Gasteiger partial charge is 0.308 e. The molecule has 0 atom stereocenters. The summed E-state index contributed by atoms with van der Waals surface area (Å²) in [5.74, 6) is -0.382. The van der Waals surface area contributed by atoms with Crippen LogP contribution in [0.3, 0.4) is 0 Å². The highest BCUT2D eigenvalue weighted by molar-refractivity contribution is 5.88. The Hall–Kier alpha value is -1.32. The van der Waals surface area contributed by atoms with Gasteiger partial charge in [0, 0.05) is 23.9 Å². The lowest BCUT2D eigenvalue weighted by Gasteiger charge is -2.54. The highest BCUT2D eigenvalue weighted by Crippen LogP contribution is 2.39. The van der Waals surface area contributed by atoms with E-state index in [1.54, 1.807) is 0 Å².